The van der Waals surface area contributed by atoms with Crippen LogP contribution in [0.1, 0.15) is 18.4 Å². The van der Waals surface area contributed by atoms with E-state index in [-0.39, 0.29) is 12.3 Å². The normalized spacial score (nSPS) is 12.1. The standard InChI is InChI=1S/C12H17NO4S/c1-17-6-4-10(12(15)16)13-11(14)3-2-9-5-7-18-8-9/h5,7-8,10H,2-4,6H2,1H3,(H,13,14)(H,15,16). The number of methoxy groups -OCH3 is 1. The Bertz CT molecular complexity index is 377. The average Bonchev–Trinajstić information content (AvgIpc) is 2.84. The quantitative estimate of drug-likeness (QED) is 0.747. The Labute approximate surface area is 110 Å². The summed E-state index contributed by atoms with van der Waals surface area (Å²) in [6.45, 7) is 0.307. The van der Waals surface area contributed by atoms with Crippen molar-refractivity contribution >= 4 is 23.2 Å². The molecular formula is C12H17NO4S. The van der Waals surface area contributed by atoms with Crippen LogP contribution >= 0.6 is 11.3 Å². The van der Waals surface area contributed by atoms with E-state index in [9.17, 15) is 9.59 Å². The van der Waals surface area contributed by atoms with Gasteiger partial charge in [0, 0.05) is 26.6 Å². The largest absolute Gasteiger partial charge is 0.480 e. The summed E-state index contributed by atoms with van der Waals surface area (Å²) in [6, 6.07) is 1.08. The van der Waals surface area contributed by atoms with Crippen molar-refractivity contribution in [1.82, 2.24) is 5.32 Å². The lowest BCUT2D eigenvalue weighted by Crippen LogP contribution is -2.41. The molecule has 1 rings (SSSR count). The van der Waals surface area contributed by atoms with Crippen molar-refractivity contribution < 1.29 is 19.4 Å². The molecular weight excluding hydrogens is 254 g/mol. The highest BCUT2D eigenvalue weighted by atomic mass is 32.1. The number of carbonyl (C=O) groups is 2. The number of carboxylic acid groups (broad SMARTS) is 1. The molecule has 0 saturated heterocycles. The number of nitrogens with one attached hydrogen (secondary N) is 1. The predicted octanol–water partition coefficient (Wildman–Crippen LogP) is 1.29. The van der Waals surface area contributed by atoms with Crippen molar-refractivity contribution in [2.75, 3.05) is 13.7 Å². The first-order chi connectivity index (χ1) is 8.63. The van der Waals surface area contributed by atoms with Crippen LogP contribution in [-0.4, -0.2) is 36.7 Å². The third-order valence-corrected chi connectivity index (χ3v) is 3.20. The number of amides is 1. The molecule has 0 fully saturated rings. The van der Waals surface area contributed by atoms with Crippen molar-refractivity contribution in [2.45, 2.75) is 25.3 Å². The van der Waals surface area contributed by atoms with Crippen LogP contribution in [0.15, 0.2) is 16.8 Å². The first kappa shape index (κ1) is 14.7. The molecule has 100 valence electrons. The van der Waals surface area contributed by atoms with E-state index in [4.69, 9.17) is 9.84 Å². The first-order valence-corrected chi connectivity index (χ1v) is 6.60. The summed E-state index contributed by atoms with van der Waals surface area (Å²) in [5.74, 6) is -1.28. The molecule has 5 nitrogen and oxygen atoms in total. The number of rotatable bonds is 8. The number of hydrogen-bond acceptors (Lipinski definition) is 4. The van der Waals surface area contributed by atoms with Crippen LogP contribution in [0.3, 0.4) is 0 Å². The lowest BCUT2D eigenvalue weighted by Gasteiger charge is -2.13. The van der Waals surface area contributed by atoms with E-state index in [2.05, 4.69) is 5.32 Å². The molecule has 0 saturated carbocycles. The predicted molar refractivity (Wildman–Crippen MR) is 68.7 cm³/mol. The van der Waals surface area contributed by atoms with Crippen molar-refractivity contribution in [2.24, 2.45) is 0 Å². The molecule has 1 unspecified atom stereocenters. The van der Waals surface area contributed by atoms with Gasteiger partial charge in [-0.15, -0.1) is 0 Å². The summed E-state index contributed by atoms with van der Waals surface area (Å²) in [4.78, 5) is 22.5. The number of aryl methyl sites for hydroxylation is 1. The van der Waals surface area contributed by atoms with E-state index in [0.717, 1.165) is 5.56 Å². The Balaban J connectivity index is 2.34. The van der Waals surface area contributed by atoms with E-state index >= 15 is 0 Å². The molecule has 1 atom stereocenters. The number of carboxylic acids is 1. The molecule has 0 aliphatic carbocycles. The van der Waals surface area contributed by atoms with Gasteiger partial charge in [-0.1, -0.05) is 0 Å². The summed E-state index contributed by atoms with van der Waals surface area (Å²) < 4.78 is 4.81. The number of hydrogen-bond donors (Lipinski definition) is 2. The lowest BCUT2D eigenvalue weighted by molar-refractivity contribution is -0.142. The van der Waals surface area contributed by atoms with Crippen LogP contribution in [-0.2, 0) is 20.7 Å². The fraction of sp³-hybridized carbons (Fsp3) is 0.500. The molecule has 0 aliphatic rings. The second-order valence-electron chi connectivity index (χ2n) is 3.87. The maximum atomic E-state index is 11.6. The zero-order chi connectivity index (χ0) is 13.4. The molecule has 0 spiro atoms. The van der Waals surface area contributed by atoms with E-state index in [1.54, 1.807) is 11.3 Å². The molecule has 0 bridgehead atoms. The first-order valence-electron chi connectivity index (χ1n) is 5.65. The maximum Gasteiger partial charge on any atom is 0.326 e. The molecule has 6 heteroatoms. The molecule has 1 heterocycles. The Hall–Kier alpha value is -1.40. The van der Waals surface area contributed by atoms with Gasteiger partial charge in [-0.25, -0.2) is 4.79 Å². The monoisotopic (exact) mass is 271 g/mol. The summed E-state index contributed by atoms with van der Waals surface area (Å²) in [7, 11) is 1.50. The minimum Gasteiger partial charge on any atom is -0.480 e. The molecule has 0 aromatic carbocycles. The molecule has 18 heavy (non-hydrogen) atoms. The van der Waals surface area contributed by atoms with Crippen molar-refractivity contribution in [3.63, 3.8) is 0 Å². The van der Waals surface area contributed by atoms with Crippen molar-refractivity contribution in [1.29, 1.82) is 0 Å². The van der Waals surface area contributed by atoms with Gasteiger partial charge in [0.15, 0.2) is 0 Å². The van der Waals surface area contributed by atoms with Crippen molar-refractivity contribution in [3.05, 3.63) is 22.4 Å². The van der Waals surface area contributed by atoms with Crippen LogP contribution in [0.4, 0.5) is 0 Å². The highest BCUT2D eigenvalue weighted by Gasteiger charge is 2.19. The third-order valence-electron chi connectivity index (χ3n) is 2.46. The summed E-state index contributed by atoms with van der Waals surface area (Å²) >= 11 is 1.58. The van der Waals surface area contributed by atoms with Gasteiger partial charge in [-0.05, 0) is 28.8 Å². The van der Waals surface area contributed by atoms with E-state index < -0.39 is 12.0 Å². The van der Waals surface area contributed by atoms with E-state index in [1.165, 1.54) is 7.11 Å². The third kappa shape index (κ3) is 5.29. The van der Waals surface area contributed by atoms with Gasteiger partial charge < -0.3 is 15.2 Å². The molecule has 0 aliphatic heterocycles. The number of ether oxygens (including phenoxy) is 1. The van der Waals surface area contributed by atoms with Gasteiger partial charge in [0.1, 0.15) is 6.04 Å². The SMILES string of the molecule is COCCC(NC(=O)CCc1ccsc1)C(=O)O. The van der Waals surface area contributed by atoms with E-state index in [1.807, 2.05) is 16.8 Å². The lowest BCUT2D eigenvalue weighted by atomic mass is 10.1. The van der Waals surface area contributed by atoms with Crippen molar-refractivity contribution in [3.8, 4) is 0 Å². The van der Waals surface area contributed by atoms with Gasteiger partial charge in [-0.2, -0.15) is 11.3 Å². The highest BCUT2D eigenvalue weighted by molar-refractivity contribution is 7.07. The van der Waals surface area contributed by atoms with Gasteiger partial charge in [0.25, 0.3) is 0 Å². The Morgan fingerprint density at radius 1 is 1.56 bits per heavy atom. The Morgan fingerprint density at radius 2 is 2.33 bits per heavy atom. The number of aliphatic carboxylic acids is 1. The Morgan fingerprint density at radius 3 is 2.89 bits per heavy atom. The molecule has 0 radical (unpaired) electrons. The van der Waals surface area contributed by atoms with Crippen LogP contribution in [0.2, 0.25) is 0 Å². The van der Waals surface area contributed by atoms with Crippen LogP contribution < -0.4 is 5.32 Å². The molecule has 1 amide bonds. The van der Waals surface area contributed by atoms with Gasteiger partial charge >= 0.3 is 5.97 Å². The smallest absolute Gasteiger partial charge is 0.326 e. The second kappa shape index (κ2) is 7.84. The van der Waals surface area contributed by atoms with Gasteiger partial charge in [-0.3, -0.25) is 4.79 Å². The van der Waals surface area contributed by atoms with Crippen LogP contribution in [0, 0.1) is 0 Å². The minimum absolute atomic E-state index is 0.246. The fourth-order valence-electron chi connectivity index (χ4n) is 1.45. The topological polar surface area (TPSA) is 75.6 Å². The van der Waals surface area contributed by atoms with Crippen LogP contribution in [0.5, 0.6) is 0 Å². The summed E-state index contributed by atoms with van der Waals surface area (Å²) in [5, 5.41) is 15.4. The van der Waals surface area contributed by atoms with E-state index in [0.29, 0.717) is 19.4 Å². The van der Waals surface area contributed by atoms with Crippen LogP contribution in [0.25, 0.3) is 0 Å². The molecule has 1 aromatic heterocycles. The molecule has 2 N–H and O–H groups in total. The van der Waals surface area contributed by atoms with Gasteiger partial charge in [0.05, 0.1) is 0 Å². The summed E-state index contributed by atoms with van der Waals surface area (Å²) in [5.41, 5.74) is 1.10. The summed E-state index contributed by atoms with van der Waals surface area (Å²) in [6.07, 6.45) is 1.20. The average molecular weight is 271 g/mol. The fourth-order valence-corrected chi connectivity index (χ4v) is 2.16. The second-order valence-corrected chi connectivity index (χ2v) is 4.65. The maximum absolute atomic E-state index is 11.6. The number of thiophene rings is 1. The minimum atomic E-state index is -1.03. The number of carbonyl (C=O) groups excluding carboxylic acids is 1. The Kier molecular flexibility index (Phi) is 6.38. The zero-order valence-corrected chi connectivity index (χ0v) is 11.0. The zero-order valence-electron chi connectivity index (χ0n) is 10.2. The van der Waals surface area contributed by atoms with Gasteiger partial charge in [0.2, 0.25) is 5.91 Å². The highest BCUT2D eigenvalue weighted by Crippen LogP contribution is 2.08. The molecule has 1 aromatic rings.